The summed E-state index contributed by atoms with van der Waals surface area (Å²) in [6.45, 7) is 6.19. The largest absolute Gasteiger partial charge is 0.450 e. The molecule has 3 aromatic rings. The maximum Gasteiger partial charge on any atom is 0.410 e. The number of halogens is 1. The van der Waals surface area contributed by atoms with Gasteiger partial charge in [-0.1, -0.05) is 23.7 Å². The van der Waals surface area contributed by atoms with Gasteiger partial charge in [0.05, 0.1) is 13.2 Å². The second-order valence-electron chi connectivity index (χ2n) is 9.23. The number of nitrogens with zero attached hydrogens (tertiary/aromatic N) is 3. The number of rotatable bonds is 5. The van der Waals surface area contributed by atoms with E-state index in [4.69, 9.17) is 21.4 Å². The number of β-amino-alcohol motifs (C(OH)–C–C–N with tert-alkyl or cyclic N) is 1. The number of piperazine rings is 1. The average molecular weight is 511 g/mol. The van der Waals surface area contributed by atoms with Crippen LogP contribution in [0.5, 0.6) is 0 Å². The number of aromatic nitrogens is 1. The molecule has 2 amide bonds. The van der Waals surface area contributed by atoms with Crippen LogP contribution in [-0.2, 0) is 11.2 Å². The number of hydrogen-bond donors (Lipinski definition) is 2. The van der Waals surface area contributed by atoms with E-state index >= 15 is 0 Å². The van der Waals surface area contributed by atoms with Crippen molar-refractivity contribution in [3.8, 4) is 0 Å². The number of aliphatic hydroxyl groups excluding tert-OH is 1. The predicted molar refractivity (Wildman–Crippen MR) is 138 cm³/mol. The molecular weight excluding hydrogens is 480 g/mol. The molecule has 0 bridgehead atoms. The summed E-state index contributed by atoms with van der Waals surface area (Å²) < 4.78 is 5.38. The van der Waals surface area contributed by atoms with Gasteiger partial charge in [0.15, 0.2) is 0 Å². The van der Waals surface area contributed by atoms with Crippen LogP contribution in [0.3, 0.4) is 0 Å². The second-order valence-corrected chi connectivity index (χ2v) is 9.67. The molecule has 2 aromatic carbocycles. The Kier molecular flexibility index (Phi) is 7.18. The number of ether oxygens (including phenoxy) is 1. The maximum atomic E-state index is 13.1. The van der Waals surface area contributed by atoms with Crippen molar-refractivity contribution in [3.63, 3.8) is 0 Å². The molecule has 190 valence electrons. The Labute approximate surface area is 215 Å². The number of aromatic amines is 1. The van der Waals surface area contributed by atoms with Crippen LogP contribution in [0.4, 0.5) is 4.79 Å². The van der Waals surface area contributed by atoms with E-state index in [1.54, 1.807) is 11.8 Å². The van der Waals surface area contributed by atoms with Crippen LogP contribution >= 0.6 is 11.6 Å². The third-order valence-corrected chi connectivity index (χ3v) is 7.38. The lowest BCUT2D eigenvalue weighted by Crippen LogP contribution is -2.49. The fourth-order valence-corrected chi connectivity index (χ4v) is 5.49. The van der Waals surface area contributed by atoms with Crippen LogP contribution in [0.15, 0.2) is 42.5 Å². The minimum Gasteiger partial charge on any atom is -0.450 e. The minimum atomic E-state index is -0.356. The molecule has 2 aliphatic heterocycles. The molecule has 2 aliphatic rings. The minimum absolute atomic E-state index is 0.00275. The zero-order chi connectivity index (χ0) is 25.2. The van der Waals surface area contributed by atoms with Crippen molar-refractivity contribution < 1.29 is 19.4 Å². The number of fused-ring (bicyclic) bond motifs is 3. The van der Waals surface area contributed by atoms with Crippen LogP contribution in [0.1, 0.15) is 40.1 Å². The molecule has 1 fully saturated rings. The molecule has 9 heteroatoms. The topological polar surface area (TPSA) is 89.1 Å². The number of aliphatic hydroxyl groups is 1. The summed E-state index contributed by atoms with van der Waals surface area (Å²) in [5.41, 5.74) is 4.61. The first kappa shape index (κ1) is 24.6. The van der Waals surface area contributed by atoms with E-state index in [1.165, 1.54) is 0 Å². The first-order valence-electron chi connectivity index (χ1n) is 12.5. The van der Waals surface area contributed by atoms with Crippen LogP contribution in [0, 0.1) is 0 Å². The molecule has 1 saturated heterocycles. The zero-order valence-corrected chi connectivity index (χ0v) is 21.1. The van der Waals surface area contributed by atoms with Crippen LogP contribution < -0.4 is 0 Å². The Balaban J connectivity index is 1.43. The molecule has 36 heavy (non-hydrogen) atoms. The second kappa shape index (κ2) is 10.5. The van der Waals surface area contributed by atoms with E-state index < -0.39 is 0 Å². The first-order valence-corrected chi connectivity index (χ1v) is 12.8. The lowest BCUT2D eigenvalue weighted by Gasteiger charge is -2.35. The van der Waals surface area contributed by atoms with E-state index in [-0.39, 0.29) is 24.6 Å². The smallest absolute Gasteiger partial charge is 0.410 e. The van der Waals surface area contributed by atoms with Gasteiger partial charge >= 0.3 is 6.09 Å². The van der Waals surface area contributed by atoms with Gasteiger partial charge in [-0.15, -0.1) is 0 Å². The van der Waals surface area contributed by atoms with Crippen molar-refractivity contribution in [2.24, 2.45) is 0 Å². The van der Waals surface area contributed by atoms with Crippen molar-refractivity contribution in [3.05, 3.63) is 69.9 Å². The Bertz CT molecular complexity index is 1250. The molecule has 0 spiro atoms. The summed E-state index contributed by atoms with van der Waals surface area (Å²) in [5, 5.41) is 10.9. The van der Waals surface area contributed by atoms with Gasteiger partial charge in [0.25, 0.3) is 5.91 Å². The van der Waals surface area contributed by atoms with Gasteiger partial charge in [-0.05, 0) is 54.8 Å². The highest BCUT2D eigenvalue weighted by molar-refractivity contribution is 6.31. The quantitative estimate of drug-likeness (QED) is 0.546. The number of carbonyl (C=O) groups is 2. The molecule has 1 atom stereocenters. The van der Waals surface area contributed by atoms with Gasteiger partial charge < -0.3 is 19.7 Å². The number of amides is 2. The van der Waals surface area contributed by atoms with Crippen LogP contribution in [-0.4, -0.2) is 89.3 Å². The predicted octanol–water partition coefficient (Wildman–Crippen LogP) is 3.68. The van der Waals surface area contributed by atoms with Crippen LogP contribution in [0.2, 0.25) is 5.02 Å². The number of carbonyl (C=O) groups excluding carboxylic acids is 2. The van der Waals surface area contributed by atoms with Crippen molar-refractivity contribution in [1.82, 2.24) is 19.7 Å². The Morgan fingerprint density at radius 1 is 1.08 bits per heavy atom. The Morgan fingerprint density at radius 3 is 2.53 bits per heavy atom. The van der Waals surface area contributed by atoms with Crippen molar-refractivity contribution >= 4 is 34.5 Å². The standard InChI is InChI=1S/C27H31ClN4O4/c1-2-36-27(35)32-10-9-21-22-17-20(28)7-8-23(22)29-24(21)25(32)18-3-5-19(6-4-18)26(34)31-13-11-30(12-14-31)15-16-33/h3-8,17,25,29,33H,2,9-16H2,1H3. The first-order chi connectivity index (χ1) is 17.5. The highest BCUT2D eigenvalue weighted by Gasteiger charge is 2.35. The summed E-state index contributed by atoms with van der Waals surface area (Å²) >= 11 is 6.28. The van der Waals surface area contributed by atoms with Gasteiger partial charge in [0.1, 0.15) is 6.04 Å². The molecule has 0 aliphatic carbocycles. The van der Waals surface area contributed by atoms with Gasteiger partial charge in [0.2, 0.25) is 0 Å². The van der Waals surface area contributed by atoms with E-state index in [0.717, 1.165) is 40.8 Å². The van der Waals surface area contributed by atoms with E-state index in [9.17, 15) is 9.59 Å². The lowest BCUT2D eigenvalue weighted by molar-refractivity contribution is 0.0614. The molecule has 8 nitrogen and oxygen atoms in total. The van der Waals surface area contributed by atoms with E-state index in [0.29, 0.717) is 49.8 Å². The number of hydrogen-bond acceptors (Lipinski definition) is 5. The highest BCUT2D eigenvalue weighted by Crippen LogP contribution is 2.39. The SMILES string of the molecule is CCOC(=O)N1CCc2c([nH]c3ccc(Cl)cc23)C1c1ccc(C(=O)N2CCN(CCO)CC2)cc1. The monoisotopic (exact) mass is 510 g/mol. The van der Waals surface area contributed by atoms with Crippen LogP contribution in [0.25, 0.3) is 10.9 Å². The molecule has 0 radical (unpaired) electrons. The lowest BCUT2D eigenvalue weighted by atomic mass is 9.92. The third-order valence-electron chi connectivity index (χ3n) is 7.14. The van der Waals surface area contributed by atoms with Gasteiger partial charge in [0, 0.05) is 66.5 Å². The number of benzene rings is 2. The third kappa shape index (κ3) is 4.68. The van der Waals surface area contributed by atoms with Crippen molar-refractivity contribution in [1.29, 1.82) is 0 Å². The highest BCUT2D eigenvalue weighted by atomic mass is 35.5. The Morgan fingerprint density at radius 2 is 1.83 bits per heavy atom. The normalized spacial score (nSPS) is 18.4. The summed E-state index contributed by atoms with van der Waals surface area (Å²) in [6, 6.07) is 13.0. The van der Waals surface area contributed by atoms with Gasteiger partial charge in [-0.25, -0.2) is 4.79 Å². The van der Waals surface area contributed by atoms with E-state index in [2.05, 4.69) is 9.88 Å². The summed E-state index contributed by atoms with van der Waals surface area (Å²) in [4.78, 5) is 35.3. The van der Waals surface area contributed by atoms with Gasteiger partial charge in [-0.2, -0.15) is 0 Å². The van der Waals surface area contributed by atoms with Gasteiger partial charge in [-0.3, -0.25) is 14.6 Å². The molecule has 3 heterocycles. The molecule has 1 aromatic heterocycles. The molecular formula is C27H31ClN4O4. The molecule has 5 rings (SSSR count). The summed E-state index contributed by atoms with van der Waals surface area (Å²) in [7, 11) is 0. The zero-order valence-electron chi connectivity index (χ0n) is 20.4. The molecule has 1 unspecified atom stereocenters. The van der Waals surface area contributed by atoms with Crippen molar-refractivity contribution in [2.75, 3.05) is 52.5 Å². The Hall–Kier alpha value is -3.07. The van der Waals surface area contributed by atoms with E-state index in [1.807, 2.05) is 47.4 Å². The number of H-pyrrole nitrogens is 1. The fourth-order valence-electron chi connectivity index (χ4n) is 5.32. The fraction of sp³-hybridized carbons (Fsp3) is 0.407. The molecule has 0 saturated carbocycles. The van der Waals surface area contributed by atoms with Crippen molar-refractivity contribution in [2.45, 2.75) is 19.4 Å². The summed E-state index contributed by atoms with van der Waals surface area (Å²) in [6.07, 6.45) is 0.342. The summed E-state index contributed by atoms with van der Waals surface area (Å²) in [5.74, 6) is -0.00275. The average Bonchev–Trinajstić information content (AvgIpc) is 3.26. The maximum absolute atomic E-state index is 13.1. The number of nitrogens with one attached hydrogen (secondary N) is 1. The molecule has 2 N–H and O–H groups in total.